The first-order valence-electron chi connectivity index (χ1n) is 10.5. The second-order valence-electron chi connectivity index (χ2n) is 8.13. The number of halogens is 1. The Morgan fingerprint density at radius 1 is 1.13 bits per heavy atom. The lowest BCUT2D eigenvalue weighted by Gasteiger charge is -2.29. The Morgan fingerprint density at radius 2 is 1.77 bits per heavy atom. The summed E-state index contributed by atoms with van der Waals surface area (Å²) in [5.41, 5.74) is 3.37. The summed E-state index contributed by atoms with van der Waals surface area (Å²) in [6.45, 7) is 5.57. The average molecular weight is 464 g/mol. The van der Waals surface area contributed by atoms with E-state index in [1.807, 2.05) is 26.0 Å². The second-order valence-corrected chi connectivity index (χ2v) is 10.4. The second kappa shape index (κ2) is 9.92. The summed E-state index contributed by atoms with van der Waals surface area (Å²) in [4.78, 5) is 15.0. The van der Waals surface area contributed by atoms with Gasteiger partial charge in [0.2, 0.25) is 15.9 Å². The lowest BCUT2D eigenvalue weighted by atomic mass is 10.1. The van der Waals surface area contributed by atoms with E-state index in [4.69, 9.17) is 11.6 Å². The summed E-state index contributed by atoms with van der Waals surface area (Å²) >= 11 is 6.15. The number of piperidine rings is 1. The van der Waals surface area contributed by atoms with E-state index in [0.29, 0.717) is 10.7 Å². The lowest BCUT2D eigenvalue weighted by Crippen LogP contribution is -2.41. The van der Waals surface area contributed by atoms with Crippen LogP contribution in [0.1, 0.15) is 43.4 Å². The third-order valence-electron chi connectivity index (χ3n) is 5.62. The molecule has 0 aliphatic carbocycles. The molecule has 0 bridgehead atoms. The highest BCUT2D eigenvalue weighted by molar-refractivity contribution is 7.92. The molecular weight excluding hydrogens is 434 g/mol. The highest BCUT2D eigenvalue weighted by atomic mass is 35.5. The first-order valence-corrected chi connectivity index (χ1v) is 12.8. The minimum Gasteiger partial charge on any atom is -0.372 e. The van der Waals surface area contributed by atoms with Crippen molar-refractivity contribution >= 4 is 38.9 Å². The first-order chi connectivity index (χ1) is 14.6. The molecule has 1 heterocycles. The number of aryl methyl sites for hydroxylation is 1. The number of amides is 1. The SMILES string of the molecule is Cc1ccc(N(CC(=O)NC(C)c2ccc(N3CCCCC3)cc2)S(C)(=O)=O)cc1Cl. The fourth-order valence-corrected chi connectivity index (χ4v) is 4.79. The summed E-state index contributed by atoms with van der Waals surface area (Å²) in [6, 6.07) is 12.9. The Hall–Kier alpha value is -2.25. The van der Waals surface area contributed by atoms with Crippen LogP contribution in [-0.2, 0) is 14.8 Å². The average Bonchev–Trinajstić information content (AvgIpc) is 2.74. The number of rotatable bonds is 7. The summed E-state index contributed by atoms with van der Waals surface area (Å²) in [5.74, 6) is -0.380. The Kier molecular flexibility index (Phi) is 7.49. The van der Waals surface area contributed by atoms with Gasteiger partial charge in [-0.3, -0.25) is 9.10 Å². The quantitative estimate of drug-likeness (QED) is 0.665. The molecule has 1 amide bonds. The van der Waals surface area contributed by atoms with Crippen LogP contribution >= 0.6 is 11.6 Å². The molecule has 1 aliphatic rings. The van der Waals surface area contributed by atoms with E-state index in [9.17, 15) is 13.2 Å². The van der Waals surface area contributed by atoms with Gasteiger partial charge in [-0.25, -0.2) is 8.42 Å². The van der Waals surface area contributed by atoms with Crippen LogP contribution in [0.15, 0.2) is 42.5 Å². The number of carbonyl (C=O) groups is 1. The van der Waals surface area contributed by atoms with Crippen LogP contribution in [-0.4, -0.2) is 40.2 Å². The topological polar surface area (TPSA) is 69.7 Å². The van der Waals surface area contributed by atoms with Gasteiger partial charge >= 0.3 is 0 Å². The molecule has 6 nitrogen and oxygen atoms in total. The largest absolute Gasteiger partial charge is 0.372 e. The van der Waals surface area contributed by atoms with E-state index in [-0.39, 0.29) is 18.5 Å². The van der Waals surface area contributed by atoms with Crippen LogP contribution < -0.4 is 14.5 Å². The van der Waals surface area contributed by atoms with Crippen LogP contribution in [0, 0.1) is 6.92 Å². The predicted molar refractivity (Wildman–Crippen MR) is 127 cm³/mol. The highest BCUT2D eigenvalue weighted by Crippen LogP contribution is 2.25. The van der Waals surface area contributed by atoms with Crippen molar-refractivity contribution in [3.05, 3.63) is 58.6 Å². The number of hydrogen-bond donors (Lipinski definition) is 1. The van der Waals surface area contributed by atoms with Gasteiger partial charge < -0.3 is 10.2 Å². The zero-order chi connectivity index (χ0) is 22.6. The number of hydrogen-bond acceptors (Lipinski definition) is 4. The van der Waals surface area contributed by atoms with Crippen LogP contribution in [0.5, 0.6) is 0 Å². The van der Waals surface area contributed by atoms with Gasteiger partial charge in [0.1, 0.15) is 6.54 Å². The lowest BCUT2D eigenvalue weighted by molar-refractivity contribution is -0.120. The maximum Gasteiger partial charge on any atom is 0.241 e. The molecule has 1 atom stereocenters. The standard InChI is InChI=1S/C23H30ClN3O3S/c1-17-7-10-21(15-22(17)24)27(31(3,29)30)16-23(28)25-18(2)19-8-11-20(12-9-19)26-13-5-4-6-14-26/h7-12,15,18H,4-6,13-14,16H2,1-3H3,(H,25,28). The minimum absolute atomic E-state index is 0.245. The smallest absolute Gasteiger partial charge is 0.241 e. The van der Waals surface area contributed by atoms with Crippen molar-refractivity contribution in [3.63, 3.8) is 0 Å². The van der Waals surface area contributed by atoms with Gasteiger partial charge in [0, 0.05) is 23.8 Å². The minimum atomic E-state index is -3.65. The number of carbonyl (C=O) groups excluding carboxylic acids is 1. The van der Waals surface area contributed by atoms with E-state index in [1.165, 1.54) is 24.9 Å². The predicted octanol–water partition coefficient (Wildman–Crippen LogP) is 4.28. The van der Waals surface area contributed by atoms with E-state index in [0.717, 1.165) is 34.8 Å². The normalized spacial score (nSPS) is 15.4. The van der Waals surface area contributed by atoms with Gasteiger partial charge in [0.25, 0.3) is 0 Å². The van der Waals surface area contributed by atoms with Crippen LogP contribution in [0.25, 0.3) is 0 Å². The Labute approximate surface area is 190 Å². The Bertz CT molecular complexity index is 1020. The molecule has 3 rings (SSSR count). The van der Waals surface area contributed by atoms with Crippen molar-refractivity contribution in [1.29, 1.82) is 0 Å². The molecule has 0 spiro atoms. The van der Waals surface area contributed by atoms with E-state index in [1.54, 1.807) is 18.2 Å². The maximum absolute atomic E-state index is 12.7. The van der Waals surface area contributed by atoms with Crippen molar-refractivity contribution in [3.8, 4) is 0 Å². The molecule has 1 fully saturated rings. The molecule has 0 saturated carbocycles. The van der Waals surface area contributed by atoms with Gasteiger partial charge in [0.05, 0.1) is 18.0 Å². The molecule has 1 saturated heterocycles. The fourth-order valence-electron chi connectivity index (χ4n) is 3.76. The van der Waals surface area contributed by atoms with Gasteiger partial charge in [0.15, 0.2) is 0 Å². The van der Waals surface area contributed by atoms with Crippen molar-refractivity contribution in [2.75, 3.05) is 35.1 Å². The van der Waals surface area contributed by atoms with Crippen LogP contribution in [0.3, 0.4) is 0 Å². The molecule has 168 valence electrons. The van der Waals surface area contributed by atoms with Crippen molar-refractivity contribution in [1.82, 2.24) is 5.32 Å². The van der Waals surface area contributed by atoms with Gasteiger partial charge in [-0.05, 0) is 68.5 Å². The monoisotopic (exact) mass is 463 g/mol. The number of anilines is 2. The molecule has 31 heavy (non-hydrogen) atoms. The van der Waals surface area contributed by atoms with Crippen molar-refractivity contribution in [2.24, 2.45) is 0 Å². The Morgan fingerprint density at radius 3 is 2.35 bits per heavy atom. The van der Waals surface area contributed by atoms with Gasteiger partial charge in [-0.1, -0.05) is 29.8 Å². The third-order valence-corrected chi connectivity index (χ3v) is 7.17. The number of nitrogens with zero attached hydrogens (tertiary/aromatic N) is 2. The zero-order valence-corrected chi connectivity index (χ0v) is 19.8. The molecule has 0 radical (unpaired) electrons. The summed E-state index contributed by atoms with van der Waals surface area (Å²) in [6.07, 6.45) is 4.81. The molecule has 1 N–H and O–H groups in total. The first kappa shape index (κ1) is 23.4. The summed E-state index contributed by atoms with van der Waals surface area (Å²) < 4.78 is 25.7. The van der Waals surface area contributed by atoms with Gasteiger partial charge in [-0.15, -0.1) is 0 Å². The Balaban J connectivity index is 1.66. The maximum atomic E-state index is 12.7. The number of nitrogens with one attached hydrogen (secondary N) is 1. The van der Waals surface area contributed by atoms with Crippen LogP contribution in [0.4, 0.5) is 11.4 Å². The number of sulfonamides is 1. The summed E-state index contributed by atoms with van der Waals surface area (Å²) in [5, 5.41) is 3.35. The van der Waals surface area contributed by atoms with E-state index in [2.05, 4.69) is 22.3 Å². The summed E-state index contributed by atoms with van der Waals surface area (Å²) in [7, 11) is -3.65. The zero-order valence-electron chi connectivity index (χ0n) is 18.3. The van der Waals surface area contributed by atoms with E-state index < -0.39 is 10.0 Å². The highest BCUT2D eigenvalue weighted by Gasteiger charge is 2.22. The molecule has 8 heteroatoms. The van der Waals surface area contributed by atoms with Gasteiger partial charge in [-0.2, -0.15) is 0 Å². The van der Waals surface area contributed by atoms with Crippen LogP contribution in [0.2, 0.25) is 5.02 Å². The van der Waals surface area contributed by atoms with Crippen molar-refractivity contribution in [2.45, 2.75) is 39.2 Å². The molecule has 2 aromatic carbocycles. The number of benzene rings is 2. The fraction of sp³-hybridized carbons (Fsp3) is 0.435. The molecule has 2 aromatic rings. The molecule has 1 unspecified atom stereocenters. The van der Waals surface area contributed by atoms with E-state index >= 15 is 0 Å². The molecular formula is C23H30ClN3O3S. The molecule has 1 aliphatic heterocycles. The molecule has 0 aromatic heterocycles. The van der Waals surface area contributed by atoms with Crippen molar-refractivity contribution < 1.29 is 13.2 Å². The third kappa shape index (κ3) is 6.14.